The quantitative estimate of drug-likeness (QED) is 0.620. The van der Waals surface area contributed by atoms with Crippen molar-refractivity contribution < 1.29 is 36.6 Å². The Hall–Kier alpha value is -2.16. The fraction of sp³-hybridized carbons (Fsp3) is 0.333. The zero-order valence-electron chi connectivity index (χ0n) is 10.6. The summed E-state index contributed by atoms with van der Waals surface area (Å²) in [6.45, 7) is 0.651. The number of amides is 1. The van der Waals surface area contributed by atoms with Gasteiger partial charge in [-0.2, -0.15) is 13.2 Å². The number of anilines is 1. The van der Waals surface area contributed by atoms with Gasteiger partial charge in [0.2, 0.25) is 0 Å². The van der Waals surface area contributed by atoms with E-state index in [0.717, 1.165) is 17.9 Å². The molecule has 0 spiro atoms. The molecule has 1 fully saturated rings. The molecule has 114 valence electrons. The molecule has 0 N–H and O–H groups in total. The fourth-order valence-electron chi connectivity index (χ4n) is 1.74. The van der Waals surface area contributed by atoms with Crippen LogP contribution >= 0.6 is 0 Å². The van der Waals surface area contributed by atoms with Gasteiger partial charge in [-0.3, -0.25) is 14.5 Å². The maximum atomic E-state index is 13.2. The highest BCUT2D eigenvalue weighted by molar-refractivity contribution is 5.98. The van der Waals surface area contributed by atoms with Crippen molar-refractivity contribution in [3.05, 3.63) is 29.6 Å². The SMILES string of the molecule is CC(=O)OC1OCN(c2ccc(F)c(C(F)(F)F)c2)C1=O. The molecule has 0 radical (unpaired) electrons. The summed E-state index contributed by atoms with van der Waals surface area (Å²) < 4.78 is 60.4. The first-order valence-electron chi connectivity index (χ1n) is 5.67. The Morgan fingerprint density at radius 1 is 1.43 bits per heavy atom. The number of hydrogen-bond donors (Lipinski definition) is 0. The Balaban J connectivity index is 2.28. The van der Waals surface area contributed by atoms with E-state index < -0.39 is 42.5 Å². The molecule has 1 atom stereocenters. The van der Waals surface area contributed by atoms with Gasteiger partial charge >= 0.3 is 12.1 Å². The summed E-state index contributed by atoms with van der Waals surface area (Å²) in [6.07, 6.45) is -6.40. The van der Waals surface area contributed by atoms with Gasteiger partial charge in [0.15, 0.2) is 0 Å². The number of nitrogens with zero attached hydrogens (tertiary/aromatic N) is 1. The molecule has 0 bridgehead atoms. The summed E-state index contributed by atoms with van der Waals surface area (Å²) in [5.74, 6) is -3.06. The number of ether oxygens (including phenoxy) is 2. The van der Waals surface area contributed by atoms with Crippen LogP contribution in [0.15, 0.2) is 18.2 Å². The Labute approximate surface area is 116 Å². The number of benzene rings is 1. The minimum absolute atomic E-state index is 0.205. The van der Waals surface area contributed by atoms with Crippen molar-refractivity contribution in [2.45, 2.75) is 19.4 Å². The van der Waals surface area contributed by atoms with Gasteiger partial charge in [0.25, 0.3) is 12.2 Å². The smallest absolute Gasteiger partial charge is 0.419 e. The van der Waals surface area contributed by atoms with E-state index in [2.05, 4.69) is 4.74 Å². The molecule has 5 nitrogen and oxygen atoms in total. The average molecular weight is 307 g/mol. The van der Waals surface area contributed by atoms with Crippen LogP contribution in [-0.4, -0.2) is 24.9 Å². The van der Waals surface area contributed by atoms with E-state index in [-0.39, 0.29) is 5.69 Å². The topological polar surface area (TPSA) is 55.8 Å². The lowest BCUT2D eigenvalue weighted by atomic mass is 10.1. The Bertz CT molecular complexity index is 587. The normalized spacial score (nSPS) is 19.0. The van der Waals surface area contributed by atoms with Gasteiger partial charge in [-0.1, -0.05) is 0 Å². The third-order valence-corrected chi connectivity index (χ3v) is 2.66. The van der Waals surface area contributed by atoms with Crippen LogP contribution in [0.25, 0.3) is 0 Å². The van der Waals surface area contributed by atoms with Crippen LogP contribution in [0.1, 0.15) is 12.5 Å². The molecule has 1 aromatic rings. The molecule has 0 saturated carbocycles. The molecule has 9 heteroatoms. The first kappa shape index (κ1) is 15.2. The zero-order chi connectivity index (χ0) is 15.8. The second kappa shape index (κ2) is 5.32. The minimum atomic E-state index is -4.89. The first-order chi connectivity index (χ1) is 9.70. The highest BCUT2D eigenvalue weighted by atomic mass is 19.4. The lowest BCUT2D eigenvalue weighted by Gasteiger charge is -2.16. The Kier molecular flexibility index (Phi) is 3.86. The molecule has 1 amide bonds. The first-order valence-corrected chi connectivity index (χ1v) is 5.67. The molecule has 1 aromatic carbocycles. The average Bonchev–Trinajstić information content (AvgIpc) is 2.70. The van der Waals surface area contributed by atoms with Crippen LogP contribution in [0.3, 0.4) is 0 Å². The highest BCUT2D eigenvalue weighted by Crippen LogP contribution is 2.34. The van der Waals surface area contributed by atoms with Crippen LogP contribution in [0.5, 0.6) is 0 Å². The predicted molar refractivity (Wildman–Crippen MR) is 60.4 cm³/mol. The summed E-state index contributed by atoms with van der Waals surface area (Å²) in [5.41, 5.74) is -1.70. The van der Waals surface area contributed by atoms with E-state index in [9.17, 15) is 27.2 Å². The molecule has 21 heavy (non-hydrogen) atoms. The third-order valence-electron chi connectivity index (χ3n) is 2.66. The van der Waals surface area contributed by atoms with Gasteiger partial charge in [0, 0.05) is 12.6 Å². The zero-order valence-corrected chi connectivity index (χ0v) is 10.6. The molecule has 1 heterocycles. The lowest BCUT2D eigenvalue weighted by Crippen LogP contribution is -2.32. The van der Waals surface area contributed by atoms with Gasteiger partial charge in [-0.15, -0.1) is 0 Å². The monoisotopic (exact) mass is 307 g/mol. The molecule has 1 aliphatic heterocycles. The number of carbonyl (C=O) groups is 2. The van der Waals surface area contributed by atoms with Crippen molar-refractivity contribution >= 4 is 17.6 Å². The number of esters is 1. The summed E-state index contributed by atoms with van der Waals surface area (Å²) >= 11 is 0. The lowest BCUT2D eigenvalue weighted by molar-refractivity contribution is -0.172. The maximum absolute atomic E-state index is 13.2. The number of halogens is 4. The van der Waals surface area contributed by atoms with Crippen molar-refractivity contribution in [3.8, 4) is 0 Å². The Morgan fingerprint density at radius 3 is 2.67 bits per heavy atom. The molecule has 1 saturated heterocycles. The van der Waals surface area contributed by atoms with Crippen molar-refractivity contribution in [2.24, 2.45) is 0 Å². The van der Waals surface area contributed by atoms with Crippen molar-refractivity contribution in [2.75, 3.05) is 11.6 Å². The van der Waals surface area contributed by atoms with E-state index in [1.165, 1.54) is 0 Å². The van der Waals surface area contributed by atoms with E-state index in [0.29, 0.717) is 12.1 Å². The maximum Gasteiger partial charge on any atom is 0.419 e. The summed E-state index contributed by atoms with van der Waals surface area (Å²) in [7, 11) is 0. The summed E-state index contributed by atoms with van der Waals surface area (Å²) in [5, 5.41) is 0. The van der Waals surface area contributed by atoms with Crippen LogP contribution in [0, 0.1) is 5.82 Å². The fourth-order valence-corrected chi connectivity index (χ4v) is 1.74. The minimum Gasteiger partial charge on any atom is -0.426 e. The second-order valence-corrected chi connectivity index (χ2v) is 4.17. The van der Waals surface area contributed by atoms with Gasteiger partial charge in [0.1, 0.15) is 12.5 Å². The van der Waals surface area contributed by atoms with E-state index in [1.54, 1.807) is 0 Å². The van der Waals surface area contributed by atoms with Crippen LogP contribution in [-0.2, 0) is 25.2 Å². The van der Waals surface area contributed by atoms with Gasteiger partial charge in [-0.25, -0.2) is 4.39 Å². The van der Waals surface area contributed by atoms with Crippen LogP contribution in [0.2, 0.25) is 0 Å². The molecule has 0 aliphatic carbocycles. The number of alkyl halides is 3. The van der Waals surface area contributed by atoms with E-state index in [1.807, 2.05) is 0 Å². The van der Waals surface area contributed by atoms with Gasteiger partial charge in [0.05, 0.1) is 5.56 Å². The van der Waals surface area contributed by atoms with Crippen molar-refractivity contribution in [1.82, 2.24) is 0 Å². The van der Waals surface area contributed by atoms with Crippen molar-refractivity contribution in [3.63, 3.8) is 0 Å². The van der Waals surface area contributed by atoms with Crippen LogP contribution in [0.4, 0.5) is 23.2 Å². The van der Waals surface area contributed by atoms with Gasteiger partial charge in [-0.05, 0) is 18.2 Å². The number of rotatable bonds is 2. The van der Waals surface area contributed by atoms with Crippen LogP contribution < -0.4 is 4.90 Å². The van der Waals surface area contributed by atoms with Gasteiger partial charge < -0.3 is 9.47 Å². The number of carbonyl (C=O) groups excluding carboxylic acids is 2. The standard InChI is InChI=1S/C12H9F4NO4/c1-6(18)21-11-10(19)17(5-20-11)7-2-3-9(13)8(4-7)12(14,15)16/h2-4,11H,5H2,1H3. The molecular weight excluding hydrogens is 298 g/mol. The number of hydrogen-bond acceptors (Lipinski definition) is 4. The molecular formula is C12H9F4NO4. The molecule has 1 unspecified atom stereocenters. The summed E-state index contributed by atoms with van der Waals surface area (Å²) in [6, 6.07) is 2.10. The molecule has 2 rings (SSSR count). The van der Waals surface area contributed by atoms with E-state index >= 15 is 0 Å². The Morgan fingerprint density at radius 2 is 2.10 bits per heavy atom. The molecule has 0 aromatic heterocycles. The third kappa shape index (κ3) is 3.13. The second-order valence-electron chi connectivity index (χ2n) is 4.17. The highest BCUT2D eigenvalue weighted by Gasteiger charge is 2.39. The summed E-state index contributed by atoms with van der Waals surface area (Å²) in [4.78, 5) is 23.4. The largest absolute Gasteiger partial charge is 0.426 e. The molecule has 1 aliphatic rings. The van der Waals surface area contributed by atoms with Crippen molar-refractivity contribution in [1.29, 1.82) is 0 Å². The predicted octanol–water partition coefficient (Wildman–Crippen LogP) is 2.05. The van der Waals surface area contributed by atoms with E-state index in [4.69, 9.17) is 4.74 Å².